The third-order valence-electron chi connectivity index (χ3n) is 5.81. The van der Waals surface area contributed by atoms with Crippen LogP contribution >= 0.6 is 11.6 Å². The van der Waals surface area contributed by atoms with E-state index in [4.69, 9.17) is 11.6 Å². The summed E-state index contributed by atoms with van der Waals surface area (Å²) >= 11 is 5.79. The molecule has 0 spiro atoms. The van der Waals surface area contributed by atoms with E-state index in [1.807, 2.05) is 53.2 Å². The third kappa shape index (κ3) is 4.70. The van der Waals surface area contributed by atoms with Crippen molar-refractivity contribution in [3.8, 4) is 0 Å². The van der Waals surface area contributed by atoms with E-state index >= 15 is 0 Å². The summed E-state index contributed by atoms with van der Waals surface area (Å²) in [5, 5.41) is 8.19. The zero-order valence-electron chi connectivity index (χ0n) is 17.6. The Morgan fingerprint density at radius 1 is 1.09 bits per heavy atom. The second-order valence-electron chi connectivity index (χ2n) is 8.09. The van der Waals surface area contributed by atoms with Gasteiger partial charge < -0.3 is 15.2 Å². The first-order chi connectivity index (χ1) is 16.0. The predicted octanol–water partition coefficient (Wildman–Crippen LogP) is 3.79. The van der Waals surface area contributed by atoms with Gasteiger partial charge in [0.25, 0.3) is 5.91 Å². The van der Waals surface area contributed by atoms with Crippen LogP contribution in [0.15, 0.2) is 67.4 Å². The molecule has 8 nitrogen and oxygen atoms in total. The number of amides is 2. The Morgan fingerprint density at radius 2 is 1.91 bits per heavy atom. The van der Waals surface area contributed by atoms with Crippen LogP contribution in [0.1, 0.15) is 34.9 Å². The lowest BCUT2D eigenvalue weighted by Gasteiger charge is -2.36. The Bertz CT molecular complexity index is 1330. The van der Waals surface area contributed by atoms with Crippen LogP contribution in [0.25, 0.3) is 10.8 Å². The van der Waals surface area contributed by atoms with Gasteiger partial charge in [-0.3, -0.25) is 14.6 Å². The topological polar surface area (TPSA) is 102 Å². The number of hydrogen-bond donors (Lipinski definition) is 2. The Kier molecular flexibility index (Phi) is 5.75. The van der Waals surface area contributed by atoms with E-state index in [1.54, 1.807) is 6.33 Å². The SMILES string of the molecule is O=C(Cc1cccc2ccccc12)Nc1cn(C2CC(NC(=O)c3cncc(Cl)n3)C2)cn1. The molecule has 1 saturated carbocycles. The van der Waals surface area contributed by atoms with Gasteiger partial charge >= 0.3 is 0 Å². The van der Waals surface area contributed by atoms with Crippen LogP contribution in [0.3, 0.4) is 0 Å². The molecule has 0 aliphatic heterocycles. The summed E-state index contributed by atoms with van der Waals surface area (Å²) in [5.74, 6) is 0.111. The molecule has 166 valence electrons. The highest BCUT2D eigenvalue weighted by Gasteiger charge is 2.32. The van der Waals surface area contributed by atoms with Crippen molar-refractivity contribution in [3.05, 3.63) is 83.8 Å². The highest BCUT2D eigenvalue weighted by atomic mass is 35.5. The van der Waals surface area contributed by atoms with E-state index in [0.717, 1.165) is 29.2 Å². The van der Waals surface area contributed by atoms with Crippen molar-refractivity contribution in [2.45, 2.75) is 31.3 Å². The molecule has 1 aliphatic rings. The number of hydrogen-bond acceptors (Lipinski definition) is 5. The predicted molar refractivity (Wildman–Crippen MR) is 125 cm³/mol. The molecule has 0 radical (unpaired) electrons. The van der Waals surface area contributed by atoms with Crippen LogP contribution in [0.2, 0.25) is 5.15 Å². The number of aromatic nitrogens is 4. The first-order valence-electron chi connectivity index (χ1n) is 10.6. The molecule has 0 atom stereocenters. The molecule has 2 heterocycles. The molecule has 4 aromatic rings. The van der Waals surface area contributed by atoms with Gasteiger partial charge in [-0.25, -0.2) is 9.97 Å². The van der Waals surface area contributed by atoms with Crippen LogP contribution in [-0.2, 0) is 11.2 Å². The average molecular weight is 461 g/mol. The first kappa shape index (κ1) is 21.1. The van der Waals surface area contributed by atoms with E-state index < -0.39 is 0 Å². The van der Waals surface area contributed by atoms with Gasteiger partial charge in [0.05, 0.1) is 25.1 Å². The van der Waals surface area contributed by atoms with Gasteiger partial charge in [0, 0.05) is 18.3 Å². The fourth-order valence-electron chi connectivity index (χ4n) is 4.07. The molecule has 0 bridgehead atoms. The van der Waals surface area contributed by atoms with Gasteiger partial charge in [-0.2, -0.15) is 0 Å². The minimum atomic E-state index is -0.291. The van der Waals surface area contributed by atoms with Crippen molar-refractivity contribution in [1.82, 2.24) is 24.8 Å². The number of halogens is 1. The molecule has 9 heteroatoms. The molecule has 2 N–H and O–H groups in total. The lowest BCUT2D eigenvalue weighted by atomic mass is 9.86. The number of anilines is 1. The lowest BCUT2D eigenvalue weighted by molar-refractivity contribution is -0.115. The van der Waals surface area contributed by atoms with E-state index in [-0.39, 0.29) is 41.2 Å². The van der Waals surface area contributed by atoms with Crippen LogP contribution < -0.4 is 10.6 Å². The molecular formula is C24H21ClN6O2. The number of nitrogens with zero attached hydrogens (tertiary/aromatic N) is 4. The summed E-state index contributed by atoms with van der Waals surface area (Å²) < 4.78 is 1.97. The van der Waals surface area contributed by atoms with E-state index in [1.165, 1.54) is 12.4 Å². The summed E-state index contributed by atoms with van der Waals surface area (Å²) in [6.07, 6.45) is 8.11. The minimum absolute atomic E-state index is 0.0371. The zero-order valence-corrected chi connectivity index (χ0v) is 18.4. The minimum Gasteiger partial charge on any atom is -0.348 e. The number of benzene rings is 2. The molecule has 5 rings (SSSR count). The number of fused-ring (bicyclic) bond motifs is 1. The first-order valence-corrected chi connectivity index (χ1v) is 11.0. The molecule has 2 aromatic heterocycles. The van der Waals surface area contributed by atoms with Gasteiger partial charge in [-0.15, -0.1) is 0 Å². The third-order valence-corrected chi connectivity index (χ3v) is 5.99. The Balaban J connectivity index is 1.14. The van der Waals surface area contributed by atoms with Gasteiger partial charge in [-0.1, -0.05) is 54.1 Å². The molecule has 0 unspecified atom stereocenters. The maximum absolute atomic E-state index is 12.6. The number of rotatable bonds is 6. The van der Waals surface area contributed by atoms with Crippen LogP contribution in [0, 0.1) is 0 Å². The van der Waals surface area contributed by atoms with Gasteiger partial charge in [0.15, 0.2) is 5.82 Å². The van der Waals surface area contributed by atoms with Crippen molar-refractivity contribution in [2.75, 3.05) is 5.32 Å². The summed E-state index contributed by atoms with van der Waals surface area (Å²) in [6.45, 7) is 0. The molecule has 0 saturated heterocycles. The number of carbonyl (C=O) groups excluding carboxylic acids is 2. The molecule has 2 amide bonds. The van der Waals surface area contributed by atoms with Crippen molar-refractivity contribution in [2.24, 2.45) is 0 Å². The molecule has 33 heavy (non-hydrogen) atoms. The smallest absolute Gasteiger partial charge is 0.271 e. The second-order valence-corrected chi connectivity index (χ2v) is 8.48. The Morgan fingerprint density at radius 3 is 2.76 bits per heavy atom. The van der Waals surface area contributed by atoms with Crippen molar-refractivity contribution < 1.29 is 9.59 Å². The Hall–Kier alpha value is -3.78. The monoisotopic (exact) mass is 460 g/mol. The largest absolute Gasteiger partial charge is 0.348 e. The molecule has 1 fully saturated rings. The molecular weight excluding hydrogens is 440 g/mol. The van der Waals surface area contributed by atoms with E-state index in [0.29, 0.717) is 5.82 Å². The fraction of sp³-hybridized carbons (Fsp3) is 0.208. The second kappa shape index (κ2) is 8.99. The normalized spacial score (nSPS) is 17.4. The van der Waals surface area contributed by atoms with Crippen molar-refractivity contribution >= 4 is 40.0 Å². The van der Waals surface area contributed by atoms with Crippen LogP contribution in [0.5, 0.6) is 0 Å². The molecule has 1 aliphatic carbocycles. The van der Waals surface area contributed by atoms with Crippen LogP contribution in [0.4, 0.5) is 5.82 Å². The quantitative estimate of drug-likeness (QED) is 0.455. The number of imidazole rings is 1. The average Bonchev–Trinajstić information content (AvgIpc) is 3.23. The highest BCUT2D eigenvalue weighted by molar-refractivity contribution is 6.29. The number of carbonyl (C=O) groups is 2. The van der Waals surface area contributed by atoms with Crippen molar-refractivity contribution in [3.63, 3.8) is 0 Å². The zero-order chi connectivity index (χ0) is 22.8. The summed E-state index contributed by atoms with van der Waals surface area (Å²) in [7, 11) is 0. The van der Waals surface area contributed by atoms with Gasteiger partial charge in [0.2, 0.25) is 5.91 Å². The van der Waals surface area contributed by atoms with Gasteiger partial charge in [-0.05, 0) is 29.2 Å². The molecule has 2 aromatic carbocycles. The summed E-state index contributed by atoms with van der Waals surface area (Å²) in [5.41, 5.74) is 1.18. The lowest BCUT2D eigenvalue weighted by Crippen LogP contribution is -2.45. The Labute approximate surface area is 195 Å². The maximum atomic E-state index is 12.6. The van der Waals surface area contributed by atoms with E-state index in [9.17, 15) is 9.59 Å². The van der Waals surface area contributed by atoms with Gasteiger partial charge in [0.1, 0.15) is 10.8 Å². The summed E-state index contributed by atoms with van der Waals surface area (Å²) in [4.78, 5) is 37.0. The maximum Gasteiger partial charge on any atom is 0.271 e. The van der Waals surface area contributed by atoms with Crippen molar-refractivity contribution in [1.29, 1.82) is 0 Å². The van der Waals surface area contributed by atoms with E-state index in [2.05, 4.69) is 25.6 Å². The fourth-order valence-corrected chi connectivity index (χ4v) is 4.22. The summed E-state index contributed by atoms with van der Waals surface area (Å²) in [6, 6.07) is 14.2. The van der Waals surface area contributed by atoms with Crippen LogP contribution in [-0.4, -0.2) is 37.4 Å². The standard InChI is InChI=1S/C24H21ClN6O2/c25-21-12-26-11-20(29-21)24(33)28-17-9-18(10-17)31-13-22(27-14-31)30-23(32)8-16-6-3-5-15-4-1-2-7-19(15)16/h1-7,11-14,17-18H,8-10H2,(H,28,33)(H,30,32). The highest BCUT2D eigenvalue weighted by Crippen LogP contribution is 2.33. The number of nitrogens with one attached hydrogen (secondary N) is 2.